The minimum Gasteiger partial charge on any atom is -0.409 e. The topological polar surface area (TPSA) is 118 Å². The number of amidine groups is 1. The summed E-state index contributed by atoms with van der Waals surface area (Å²) >= 11 is 0. The Morgan fingerprint density at radius 3 is 2.65 bits per heavy atom. The molecule has 0 spiro atoms. The molecule has 1 aromatic heterocycles. The Bertz CT molecular complexity index is 478. The van der Waals surface area contributed by atoms with Crippen LogP contribution in [-0.4, -0.2) is 38.3 Å². The van der Waals surface area contributed by atoms with Gasteiger partial charge in [0.15, 0.2) is 5.84 Å². The van der Waals surface area contributed by atoms with Crippen LogP contribution in [-0.2, 0) is 18.3 Å². The quantitative estimate of drug-likeness (QED) is 0.282. The van der Waals surface area contributed by atoms with Crippen LogP contribution in [0.2, 0.25) is 0 Å². The number of aryl methyl sites for hydroxylation is 1. The molecular formula is C12H22N6O2. The number of amides is 1. The maximum Gasteiger partial charge on any atom is 0.233 e. The van der Waals surface area contributed by atoms with Crippen LogP contribution in [0.1, 0.15) is 32.5 Å². The van der Waals surface area contributed by atoms with Gasteiger partial charge in [0.05, 0.1) is 0 Å². The fourth-order valence-electron chi connectivity index (χ4n) is 2.14. The number of hydrogen-bond acceptors (Lipinski definition) is 5. The number of carbonyl (C=O) groups excluding carboxylic acids is 1. The van der Waals surface area contributed by atoms with E-state index >= 15 is 0 Å². The van der Waals surface area contributed by atoms with Gasteiger partial charge in [0, 0.05) is 20.0 Å². The molecule has 0 atom stereocenters. The molecule has 0 saturated heterocycles. The molecule has 0 aromatic carbocycles. The van der Waals surface area contributed by atoms with Crippen molar-refractivity contribution in [3.8, 4) is 0 Å². The number of aromatic nitrogens is 3. The molecule has 1 aromatic rings. The predicted molar refractivity (Wildman–Crippen MR) is 74.1 cm³/mol. The van der Waals surface area contributed by atoms with Crippen LogP contribution in [0.5, 0.6) is 0 Å². The van der Waals surface area contributed by atoms with E-state index in [-0.39, 0.29) is 11.7 Å². The molecule has 1 rings (SSSR count). The summed E-state index contributed by atoms with van der Waals surface area (Å²) in [5.74, 6) is 0.492. The van der Waals surface area contributed by atoms with Gasteiger partial charge in [-0.3, -0.25) is 4.79 Å². The van der Waals surface area contributed by atoms with Gasteiger partial charge in [-0.25, -0.2) is 0 Å². The average molecular weight is 282 g/mol. The molecule has 0 radical (unpaired) electrons. The van der Waals surface area contributed by atoms with Gasteiger partial charge in [0.1, 0.15) is 17.6 Å². The van der Waals surface area contributed by atoms with Crippen LogP contribution >= 0.6 is 0 Å². The van der Waals surface area contributed by atoms with Crippen molar-refractivity contribution in [2.75, 3.05) is 6.54 Å². The van der Waals surface area contributed by atoms with Gasteiger partial charge >= 0.3 is 0 Å². The molecule has 0 saturated carbocycles. The molecule has 0 aliphatic carbocycles. The summed E-state index contributed by atoms with van der Waals surface area (Å²) in [6.07, 6.45) is 3.11. The van der Waals surface area contributed by atoms with Crippen molar-refractivity contribution in [1.29, 1.82) is 0 Å². The van der Waals surface area contributed by atoms with Gasteiger partial charge in [0.2, 0.25) is 5.91 Å². The maximum atomic E-state index is 12.3. The summed E-state index contributed by atoms with van der Waals surface area (Å²) in [5, 5.41) is 22.4. The zero-order valence-electron chi connectivity index (χ0n) is 12.1. The first-order valence-electron chi connectivity index (χ1n) is 6.61. The van der Waals surface area contributed by atoms with Crippen LogP contribution in [0.25, 0.3) is 0 Å². The molecule has 0 aliphatic heterocycles. The van der Waals surface area contributed by atoms with Gasteiger partial charge in [0.25, 0.3) is 0 Å². The van der Waals surface area contributed by atoms with E-state index in [1.54, 1.807) is 10.9 Å². The van der Waals surface area contributed by atoms with E-state index in [0.717, 1.165) is 5.82 Å². The standard InChI is InChI=1S/C12H22N6O2/c1-4-12(5-2,10(13)17-20)11(19)14-7-6-9-16-15-8-18(9)3/h8,20H,4-7H2,1-3H3,(H2,13,17)(H,14,19). The second kappa shape index (κ2) is 6.88. The Morgan fingerprint density at radius 1 is 1.55 bits per heavy atom. The molecule has 20 heavy (non-hydrogen) atoms. The van der Waals surface area contributed by atoms with Crippen LogP contribution in [0.15, 0.2) is 11.5 Å². The van der Waals surface area contributed by atoms with Crippen molar-refractivity contribution in [1.82, 2.24) is 20.1 Å². The van der Waals surface area contributed by atoms with E-state index in [9.17, 15) is 4.79 Å². The van der Waals surface area contributed by atoms with Crippen molar-refractivity contribution in [2.45, 2.75) is 33.1 Å². The molecule has 0 unspecified atom stereocenters. The third kappa shape index (κ3) is 3.06. The highest BCUT2D eigenvalue weighted by atomic mass is 16.4. The summed E-state index contributed by atoms with van der Waals surface area (Å²) < 4.78 is 1.79. The largest absolute Gasteiger partial charge is 0.409 e. The summed E-state index contributed by atoms with van der Waals surface area (Å²) in [4.78, 5) is 12.3. The lowest BCUT2D eigenvalue weighted by atomic mass is 9.80. The number of oxime groups is 1. The zero-order valence-corrected chi connectivity index (χ0v) is 12.1. The summed E-state index contributed by atoms with van der Waals surface area (Å²) in [7, 11) is 1.84. The zero-order chi connectivity index (χ0) is 15.2. The van der Waals surface area contributed by atoms with Gasteiger partial charge in [-0.05, 0) is 12.8 Å². The third-order valence-electron chi connectivity index (χ3n) is 3.68. The minimum absolute atomic E-state index is 0.0568. The molecule has 8 nitrogen and oxygen atoms in total. The minimum atomic E-state index is -0.964. The lowest BCUT2D eigenvalue weighted by Crippen LogP contribution is -2.49. The van der Waals surface area contributed by atoms with Crippen LogP contribution in [0.3, 0.4) is 0 Å². The first kappa shape index (κ1) is 15.9. The number of hydrogen-bond donors (Lipinski definition) is 3. The molecule has 8 heteroatoms. The normalized spacial score (nSPS) is 12.4. The second-order valence-corrected chi connectivity index (χ2v) is 4.64. The second-order valence-electron chi connectivity index (χ2n) is 4.64. The van der Waals surface area contributed by atoms with Crippen LogP contribution in [0, 0.1) is 5.41 Å². The van der Waals surface area contributed by atoms with Crippen molar-refractivity contribution in [3.63, 3.8) is 0 Å². The van der Waals surface area contributed by atoms with E-state index in [1.165, 1.54) is 0 Å². The predicted octanol–water partition coefficient (Wildman–Crippen LogP) is 0.0266. The van der Waals surface area contributed by atoms with Crippen LogP contribution in [0.4, 0.5) is 0 Å². The molecule has 4 N–H and O–H groups in total. The van der Waals surface area contributed by atoms with Crippen molar-refractivity contribution in [3.05, 3.63) is 12.2 Å². The van der Waals surface area contributed by atoms with E-state index in [4.69, 9.17) is 10.9 Å². The number of carbonyl (C=O) groups is 1. The fourth-order valence-corrected chi connectivity index (χ4v) is 2.14. The lowest BCUT2D eigenvalue weighted by molar-refractivity contribution is -0.127. The first-order chi connectivity index (χ1) is 9.51. The number of nitrogens with zero attached hydrogens (tertiary/aromatic N) is 4. The summed E-state index contributed by atoms with van der Waals surface area (Å²) in [5.41, 5.74) is 4.71. The van der Waals surface area contributed by atoms with Crippen molar-refractivity contribution in [2.24, 2.45) is 23.4 Å². The smallest absolute Gasteiger partial charge is 0.233 e. The highest BCUT2D eigenvalue weighted by molar-refractivity contribution is 6.06. The molecule has 0 bridgehead atoms. The van der Waals surface area contributed by atoms with Crippen molar-refractivity contribution < 1.29 is 10.0 Å². The average Bonchev–Trinajstić information content (AvgIpc) is 2.86. The summed E-state index contributed by atoms with van der Waals surface area (Å²) in [6, 6.07) is 0. The molecule has 1 heterocycles. The SMILES string of the molecule is CCC(CC)(C(=O)NCCc1nncn1C)C(N)=NO. The Kier molecular flexibility index (Phi) is 5.48. The monoisotopic (exact) mass is 282 g/mol. The van der Waals surface area contributed by atoms with E-state index in [0.29, 0.717) is 25.8 Å². The van der Waals surface area contributed by atoms with E-state index in [1.807, 2.05) is 20.9 Å². The fraction of sp³-hybridized carbons (Fsp3) is 0.667. The number of nitrogens with one attached hydrogen (secondary N) is 1. The highest BCUT2D eigenvalue weighted by Crippen LogP contribution is 2.26. The molecule has 0 aliphatic rings. The lowest BCUT2D eigenvalue weighted by Gasteiger charge is -2.28. The Morgan fingerprint density at radius 2 is 2.20 bits per heavy atom. The molecule has 1 amide bonds. The van der Waals surface area contributed by atoms with Gasteiger partial charge < -0.3 is 20.8 Å². The van der Waals surface area contributed by atoms with Crippen molar-refractivity contribution >= 4 is 11.7 Å². The van der Waals surface area contributed by atoms with Gasteiger partial charge in [-0.2, -0.15) is 0 Å². The Labute approximate surface area is 118 Å². The summed E-state index contributed by atoms with van der Waals surface area (Å²) in [6.45, 7) is 4.10. The van der Waals surface area contributed by atoms with Gasteiger partial charge in [-0.1, -0.05) is 19.0 Å². The highest BCUT2D eigenvalue weighted by Gasteiger charge is 2.39. The Balaban J connectivity index is 2.66. The third-order valence-corrected chi connectivity index (χ3v) is 3.68. The number of nitrogens with two attached hydrogens (primary N) is 1. The molecule has 0 fully saturated rings. The van der Waals surface area contributed by atoms with E-state index < -0.39 is 5.41 Å². The number of rotatable bonds is 7. The van der Waals surface area contributed by atoms with E-state index in [2.05, 4.69) is 20.7 Å². The molecule has 112 valence electrons. The van der Waals surface area contributed by atoms with Gasteiger partial charge in [-0.15, -0.1) is 10.2 Å². The molecular weight excluding hydrogens is 260 g/mol. The first-order valence-corrected chi connectivity index (χ1v) is 6.61. The Hall–Kier alpha value is -2.12. The van der Waals surface area contributed by atoms with Crippen LogP contribution < -0.4 is 11.1 Å². The maximum absolute atomic E-state index is 12.3.